The van der Waals surface area contributed by atoms with E-state index in [4.69, 9.17) is 4.74 Å². The third kappa shape index (κ3) is 7.88. The summed E-state index contributed by atoms with van der Waals surface area (Å²) in [4.78, 5) is 17.5. The summed E-state index contributed by atoms with van der Waals surface area (Å²) in [5.41, 5.74) is 1.07. The number of guanidine groups is 1. The quantitative estimate of drug-likeness (QED) is 0.231. The first-order valence-electron chi connectivity index (χ1n) is 10.8. The minimum Gasteiger partial charge on any atom is -0.484 e. The van der Waals surface area contributed by atoms with Gasteiger partial charge < -0.3 is 20.7 Å². The van der Waals surface area contributed by atoms with Crippen molar-refractivity contribution in [2.75, 3.05) is 20.2 Å². The number of nitrogens with zero attached hydrogens (tertiary/aromatic N) is 1. The highest BCUT2D eigenvalue weighted by molar-refractivity contribution is 14.0. The molecule has 172 valence electrons. The molecule has 2 aromatic carbocycles. The smallest absolute Gasteiger partial charge is 0.258 e. The Morgan fingerprint density at radius 3 is 2.59 bits per heavy atom. The number of hydrogen-bond acceptors (Lipinski definition) is 4. The largest absolute Gasteiger partial charge is 0.484 e. The monoisotopic (exact) mass is 566 g/mol. The Bertz CT molecular complexity index is 917. The van der Waals surface area contributed by atoms with Crippen molar-refractivity contribution >= 4 is 47.6 Å². The van der Waals surface area contributed by atoms with Crippen molar-refractivity contribution in [3.05, 3.63) is 60.2 Å². The number of hydrogen-bond donors (Lipinski definition) is 3. The van der Waals surface area contributed by atoms with E-state index < -0.39 is 0 Å². The van der Waals surface area contributed by atoms with Crippen molar-refractivity contribution in [3.8, 4) is 5.75 Å². The summed E-state index contributed by atoms with van der Waals surface area (Å²) < 4.78 is 5.90. The second-order valence-corrected chi connectivity index (χ2v) is 9.70. The third-order valence-corrected chi connectivity index (χ3v) is 6.85. The molecule has 0 bridgehead atoms. The number of rotatable bonds is 10. The van der Waals surface area contributed by atoms with Crippen LogP contribution in [0.15, 0.2) is 64.5 Å². The van der Waals surface area contributed by atoms with Gasteiger partial charge in [0, 0.05) is 35.8 Å². The molecule has 2 saturated carbocycles. The summed E-state index contributed by atoms with van der Waals surface area (Å²) in [6.45, 7) is 1.56. The Hall–Kier alpha value is -1.94. The summed E-state index contributed by atoms with van der Waals surface area (Å²) in [5, 5.41) is 9.78. The fraction of sp³-hybridized carbons (Fsp3) is 0.417. The van der Waals surface area contributed by atoms with Gasteiger partial charge in [-0.05, 0) is 55.5 Å². The van der Waals surface area contributed by atoms with Crippen LogP contribution in [-0.2, 0) is 11.3 Å². The zero-order valence-corrected chi connectivity index (χ0v) is 21.5. The van der Waals surface area contributed by atoms with Gasteiger partial charge in [-0.3, -0.25) is 9.79 Å². The number of carbonyl (C=O) groups excluding carboxylic acids is 1. The molecule has 6 nitrogen and oxygen atoms in total. The van der Waals surface area contributed by atoms with Crippen LogP contribution in [-0.4, -0.2) is 42.9 Å². The van der Waals surface area contributed by atoms with E-state index in [9.17, 15) is 4.79 Å². The van der Waals surface area contributed by atoms with Gasteiger partial charge in [0.25, 0.3) is 5.91 Å². The van der Waals surface area contributed by atoms with Crippen LogP contribution >= 0.6 is 35.7 Å². The summed E-state index contributed by atoms with van der Waals surface area (Å²) in [5.74, 6) is 1.43. The molecule has 1 amide bonds. The lowest BCUT2D eigenvalue weighted by atomic mass is 10.2. The third-order valence-electron chi connectivity index (χ3n) is 5.36. The number of carbonyl (C=O) groups is 1. The molecule has 0 heterocycles. The SMILES string of the molecule is CN=C(NCc1cccc(OCC(=O)NC2CC2)c1)NCC1(Sc2ccccc2)CC1.I. The van der Waals surface area contributed by atoms with Gasteiger partial charge in [0.05, 0.1) is 0 Å². The highest BCUT2D eigenvalue weighted by Crippen LogP contribution is 2.51. The van der Waals surface area contributed by atoms with Gasteiger partial charge in [-0.15, -0.1) is 35.7 Å². The second kappa shape index (κ2) is 11.8. The van der Waals surface area contributed by atoms with Crippen LogP contribution < -0.4 is 20.7 Å². The molecule has 2 fully saturated rings. The van der Waals surface area contributed by atoms with E-state index in [2.05, 4.69) is 51.3 Å². The van der Waals surface area contributed by atoms with E-state index >= 15 is 0 Å². The van der Waals surface area contributed by atoms with E-state index in [-0.39, 0.29) is 41.2 Å². The van der Waals surface area contributed by atoms with E-state index in [0.717, 1.165) is 30.9 Å². The fourth-order valence-corrected chi connectivity index (χ4v) is 4.48. The molecule has 0 unspecified atom stereocenters. The minimum atomic E-state index is -0.0574. The van der Waals surface area contributed by atoms with Gasteiger partial charge in [0.15, 0.2) is 12.6 Å². The van der Waals surface area contributed by atoms with Crippen LogP contribution in [0.3, 0.4) is 0 Å². The summed E-state index contributed by atoms with van der Waals surface area (Å²) in [6.07, 6.45) is 4.58. The van der Waals surface area contributed by atoms with E-state index in [1.807, 2.05) is 36.0 Å². The molecule has 0 atom stereocenters. The predicted molar refractivity (Wildman–Crippen MR) is 141 cm³/mol. The van der Waals surface area contributed by atoms with Crippen LogP contribution in [0.4, 0.5) is 0 Å². The molecule has 0 aliphatic heterocycles. The Morgan fingerprint density at radius 2 is 1.91 bits per heavy atom. The average Bonchev–Trinajstić information content (AvgIpc) is 3.72. The van der Waals surface area contributed by atoms with E-state index in [1.165, 1.54) is 17.7 Å². The maximum atomic E-state index is 11.8. The molecule has 0 aromatic heterocycles. The van der Waals surface area contributed by atoms with Crippen molar-refractivity contribution in [2.24, 2.45) is 4.99 Å². The van der Waals surface area contributed by atoms with Crippen molar-refractivity contribution in [1.82, 2.24) is 16.0 Å². The first kappa shape index (κ1) is 24.7. The first-order valence-corrected chi connectivity index (χ1v) is 11.7. The lowest BCUT2D eigenvalue weighted by molar-refractivity contribution is -0.123. The molecule has 4 rings (SSSR count). The number of nitrogens with one attached hydrogen (secondary N) is 3. The Kier molecular flexibility index (Phi) is 9.10. The molecule has 32 heavy (non-hydrogen) atoms. The van der Waals surface area contributed by atoms with Gasteiger partial charge >= 0.3 is 0 Å². The molecule has 2 aliphatic carbocycles. The predicted octanol–water partition coefficient (Wildman–Crippen LogP) is 3.95. The Balaban J connectivity index is 0.00000289. The normalized spacial score (nSPS) is 16.5. The number of thioether (sulfide) groups is 1. The van der Waals surface area contributed by atoms with E-state index in [0.29, 0.717) is 18.3 Å². The highest BCUT2D eigenvalue weighted by atomic mass is 127. The highest BCUT2D eigenvalue weighted by Gasteiger charge is 2.43. The number of aliphatic imine (C=N–C) groups is 1. The summed E-state index contributed by atoms with van der Waals surface area (Å²) >= 11 is 1.95. The van der Waals surface area contributed by atoms with Gasteiger partial charge in [-0.25, -0.2) is 0 Å². The molecule has 0 saturated heterocycles. The van der Waals surface area contributed by atoms with Gasteiger partial charge in [0.1, 0.15) is 5.75 Å². The fourth-order valence-electron chi connectivity index (χ4n) is 3.24. The molecule has 8 heteroatoms. The van der Waals surface area contributed by atoms with Crippen LogP contribution in [0.1, 0.15) is 31.2 Å². The maximum Gasteiger partial charge on any atom is 0.258 e. The maximum absolute atomic E-state index is 11.8. The molecule has 0 radical (unpaired) electrons. The number of halogens is 1. The molecule has 0 spiro atoms. The van der Waals surface area contributed by atoms with Crippen molar-refractivity contribution in [1.29, 1.82) is 0 Å². The standard InChI is InChI=1S/C24H30N4O2S.HI/c1-25-23(27-17-24(12-13-24)31-21-8-3-2-4-9-21)26-15-18-6-5-7-20(14-18)30-16-22(29)28-19-10-11-19;/h2-9,14,19H,10-13,15-17H2,1H3,(H,28,29)(H2,25,26,27);1H. The summed E-state index contributed by atoms with van der Waals surface area (Å²) in [7, 11) is 1.79. The van der Waals surface area contributed by atoms with Gasteiger partial charge in [-0.2, -0.15) is 0 Å². The molecular formula is C24H31IN4O2S. The molecule has 2 aliphatic rings. The summed E-state index contributed by atoms with van der Waals surface area (Å²) in [6, 6.07) is 18.7. The topological polar surface area (TPSA) is 74.8 Å². The molecule has 2 aromatic rings. The van der Waals surface area contributed by atoms with Crippen LogP contribution in [0, 0.1) is 0 Å². The van der Waals surface area contributed by atoms with Crippen LogP contribution in [0.5, 0.6) is 5.75 Å². The minimum absolute atomic E-state index is 0. The number of amides is 1. The zero-order chi connectivity index (χ0) is 21.5. The van der Waals surface area contributed by atoms with Crippen molar-refractivity contribution in [2.45, 2.75) is 47.9 Å². The molecular weight excluding hydrogens is 535 g/mol. The number of ether oxygens (including phenoxy) is 1. The van der Waals surface area contributed by atoms with Crippen molar-refractivity contribution < 1.29 is 9.53 Å². The van der Waals surface area contributed by atoms with Crippen LogP contribution in [0.2, 0.25) is 0 Å². The lowest BCUT2D eigenvalue weighted by Crippen LogP contribution is -2.40. The van der Waals surface area contributed by atoms with Gasteiger partial charge in [-0.1, -0.05) is 30.3 Å². The second-order valence-electron chi connectivity index (χ2n) is 8.16. The number of benzene rings is 2. The molecule has 3 N–H and O–H groups in total. The van der Waals surface area contributed by atoms with Gasteiger partial charge in [0.2, 0.25) is 0 Å². The average molecular weight is 567 g/mol. The van der Waals surface area contributed by atoms with Crippen LogP contribution in [0.25, 0.3) is 0 Å². The zero-order valence-electron chi connectivity index (χ0n) is 18.3. The Morgan fingerprint density at radius 1 is 1.12 bits per heavy atom. The van der Waals surface area contributed by atoms with Crippen molar-refractivity contribution in [3.63, 3.8) is 0 Å². The Labute approximate surface area is 211 Å². The lowest BCUT2D eigenvalue weighted by Gasteiger charge is -2.18. The first-order chi connectivity index (χ1) is 15.1. The van der Waals surface area contributed by atoms with E-state index in [1.54, 1.807) is 7.05 Å².